The van der Waals surface area contributed by atoms with Gasteiger partial charge in [-0.2, -0.15) is 0 Å². The molecular formula is C52H100N2O14Si2. The monoisotopic (exact) mass is 1030 g/mol. The van der Waals surface area contributed by atoms with Crippen molar-refractivity contribution in [1.82, 2.24) is 4.90 Å². The van der Waals surface area contributed by atoms with Crippen molar-refractivity contribution in [1.29, 1.82) is 0 Å². The van der Waals surface area contributed by atoms with E-state index in [-0.39, 0.29) is 37.5 Å². The minimum Gasteiger partial charge on any atom is -0.459 e. The van der Waals surface area contributed by atoms with Crippen LogP contribution >= 0.6 is 0 Å². The molecule has 18 atom stereocenters. The Labute approximate surface area is 425 Å². The van der Waals surface area contributed by atoms with Crippen LogP contribution in [0.2, 0.25) is 39.3 Å². The third-order valence-corrected chi connectivity index (χ3v) is 17.1. The zero-order valence-corrected chi connectivity index (χ0v) is 49.3. The quantitative estimate of drug-likeness (QED) is 0.0614. The van der Waals surface area contributed by atoms with E-state index in [1.165, 1.54) is 6.92 Å². The first kappa shape index (κ1) is 61.4. The van der Waals surface area contributed by atoms with Crippen molar-refractivity contribution in [3.8, 4) is 0 Å². The van der Waals surface area contributed by atoms with Gasteiger partial charge in [0, 0.05) is 50.2 Å². The van der Waals surface area contributed by atoms with E-state index in [4.69, 9.17) is 52.0 Å². The van der Waals surface area contributed by atoms with Crippen molar-refractivity contribution in [3.63, 3.8) is 0 Å². The van der Waals surface area contributed by atoms with Crippen LogP contribution in [0.4, 0.5) is 0 Å². The zero-order chi connectivity index (χ0) is 53.1. The molecule has 0 unspecified atom stereocenters. The number of cyclic esters (lactones) is 1. The molecule has 3 N–H and O–H groups in total. The molecule has 0 bridgehead atoms. The Morgan fingerprint density at radius 1 is 0.829 bits per heavy atom. The fourth-order valence-electron chi connectivity index (χ4n) is 11.6. The van der Waals surface area contributed by atoms with Gasteiger partial charge in [0.25, 0.3) is 0 Å². The number of esters is 1. The van der Waals surface area contributed by atoms with Crippen LogP contribution in [0.15, 0.2) is 5.16 Å². The van der Waals surface area contributed by atoms with Gasteiger partial charge in [0.15, 0.2) is 29.2 Å². The molecule has 0 aromatic carbocycles. The SMILES string of the molecule is CC[C@H]1OC(=O)[C@H](C)[C@@H](O[C@H]2C[C@@](C)(OC)[C@@H](O[Si](C)(C)C)[C@H](C)O2)[C@H](C)[C@@H](O[C@@H]2O[C@H](C)C[C@H](N(C)C)[C@H]2O[Si](C)(C)C)[C@@](C)(O)C[C@@H](C)/C(=N\OC2(OC(C)C)CCCCC2)[C@H](C)[C@@H](O)[C@]1(C)O. The Morgan fingerprint density at radius 2 is 1.43 bits per heavy atom. The standard InChI is InChI=1S/C52H100N2O14Si2/c1-22-39-51(12,58)44(55)34(6)41(53-68-52(65-31(2)3)26-24-23-25-27-52)32(4)29-49(10,57)45(64-48-43(66-69(16,17)18)38(54(13)14)28-33(5)60-48)35(7)42(36(8)47(56)62-39)63-40-30-50(11,59-15)46(37(9)61-40)67-70(19,20)21/h31-40,42-46,48,55,57-58H,22-30H2,1-21H3/b53-41+/t32-,33-,34+,35+,36-,37+,38+,39-,40+,42+,43-,44-,45-,46+,48+,49+,50-,51-/m1/s1. The Bertz CT molecular complexity index is 1680. The molecule has 4 aliphatic rings. The van der Waals surface area contributed by atoms with Crippen molar-refractivity contribution < 1.29 is 67.0 Å². The Hall–Kier alpha value is -1.11. The molecule has 0 aromatic rings. The Kier molecular flexibility index (Phi) is 21.3. The second kappa shape index (κ2) is 24.3. The highest BCUT2D eigenvalue weighted by Crippen LogP contribution is 2.43. The molecule has 18 heteroatoms. The van der Waals surface area contributed by atoms with E-state index < -0.39 is 124 Å². The fraction of sp³-hybridized carbons (Fsp3) is 0.962. The molecule has 0 radical (unpaired) electrons. The van der Waals surface area contributed by atoms with Gasteiger partial charge in [0.2, 0.25) is 5.79 Å². The predicted molar refractivity (Wildman–Crippen MR) is 276 cm³/mol. The summed E-state index contributed by atoms with van der Waals surface area (Å²) in [5.41, 5.74) is -4.07. The first-order valence-corrected chi connectivity index (χ1v) is 33.4. The normalized spacial score (nSPS) is 42.7. The van der Waals surface area contributed by atoms with Crippen LogP contribution in [0, 0.1) is 23.7 Å². The maximum absolute atomic E-state index is 14.8. The van der Waals surface area contributed by atoms with Crippen LogP contribution in [0.25, 0.3) is 0 Å². The highest BCUT2D eigenvalue weighted by molar-refractivity contribution is 6.70. The van der Waals surface area contributed by atoms with E-state index in [0.717, 1.165) is 19.3 Å². The Morgan fingerprint density at radius 3 is 1.96 bits per heavy atom. The summed E-state index contributed by atoms with van der Waals surface area (Å²) in [5.74, 6) is -4.82. The molecule has 3 heterocycles. The second-order valence-electron chi connectivity index (χ2n) is 24.7. The minimum absolute atomic E-state index is 0.0531. The molecule has 4 fully saturated rings. The third-order valence-electron chi connectivity index (χ3n) is 15.1. The summed E-state index contributed by atoms with van der Waals surface area (Å²) in [6, 6.07) is -0.0774. The summed E-state index contributed by atoms with van der Waals surface area (Å²) < 4.78 is 60.5. The summed E-state index contributed by atoms with van der Waals surface area (Å²) in [7, 11) is 1.42. The van der Waals surface area contributed by atoms with Gasteiger partial charge in [-0.05, 0) is 141 Å². The van der Waals surface area contributed by atoms with E-state index in [9.17, 15) is 20.1 Å². The van der Waals surface area contributed by atoms with Crippen LogP contribution in [-0.4, -0.2) is 166 Å². The summed E-state index contributed by atoms with van der Waals surface area (Å²) in [6.45, 7) is 35.1. The van der Waals surface area contributed by atoms with Gasteiger partial charge >= 0.3 is 5.97 Å². The van der Waals surface area contributed by atoms with E-state index in [1.807, 2.05) is 62.6 Å². The number of hydrogen-bond donors (Lipinski definition) is 3. The van der Waals surface area contributed by atoms with Gasteiger partial charge in [-0.3, -0.25) is 4.79 Å². The van der Waals surface area contributed by atoms with Crippen molar-refractivity contribution in [3.05, 3.63) is 0 Å². The maximum Gasteiger partial charge on any atom is 0.311 e. The minimum atomic E-state index is -2.23. The number of likely N-dealkylation sites (N-methyl/N-ethyl adjacent to an activating group) is 1. The average molecular weight is 1030 g/mol. The van der Waals surface area contributed by atoms with Gasteiger partial charge in [-0.25, -0.2) is 0 Å². The number of carbonyl (C=O) groups excluding carboxylic acids is 1. The molecule has 1 aliphatic carbocycles. The molecular weight excluding hydrogens is 933 g/mol. The molecule has 3 saturated heterocycles. The first-order valence-electron chi connectivity index (χ1n) is 26.6. The van der Waals surface area contributed by atoms with Crippen LogP contribution in [-0.2, 0) is 51.6 Å². The summed E-state index contributed by atoms with van der Waals surface area (Å²) in [4.78, 5) is 23.5. The highest BCUT2D eigenvalue weighted by Gasteiger charge is 2.55. The molecule has 0 spiro atoms. The van der Waals surface area contributed by atoms with E-state index >= 15 is 0 Å². The lowest BCUT2D eigenvalue weighted by molar-refractivity contribution is -0.315. The molecule has 4 rings (SSSR count). The fourth-order valence-corrected chi connectivity index (χ4v) is 13.9. The molecule has 410 valence electrons. The number of rotatable bonds is 15. The number of carbonyl (C=O) groups is 1. The van der Waals surface area contributed by atoms with E-state index in [1.54, 1.807) is 34.8 Å². The maximum atomic E-state index is 14.8. The van der Waals surface area contributed by atoms with Crippen LogP contribution < -0.4 is 0 Å². The van der Waals surface area contributed by atoms with Crippen LogP contribution in [0.5, 0.6) is 0 Å². The van der Waals surface area contributed by atoms with Crippen molar-refractivity contribution >= 4 is 28.3 Å². The number of nitrogens with zero attached hydrogens (tertiary/aromatic N) is 2. The molecule has 0 amide bonds. The first-order chi connectivity index (χ1) is 32.1. The lowest BCUT2D eigenvalue weighted by atomic mass is 9.73. The zero-order valence-electron chi connectivity index (χ0n) is 47.3. The largest absolute Gasteiger partial charge is 0.459 e. The van der Waals surface area contributed by atoms with Crippen LogP contribution in [0.1, 0.15) is 141 Å². The number of aliphatic hydroxyl groups excluding tert-OH is 1. The molecule has 1 saturated carbocycles. The van der Waals surface area contributed by atoms with E-state index in [0.29, 0.717) is 25.0 Å². The Balaban J connectivity index is 1.96. The smallest absolute Gasteiger partial charge is 0.311 e. The van der Waals surface area contributed by atoms with Gasteiger partial charge < -0.3 is 67.1 Å². The van der Waals surface area contributed by atoms with Gasteiger partial charge in [0.05, 0.1) is 65.6 Å². The molecule has 70 heavy (non-hydrogen) atoms. The van der Waals surface area contributed by atoms with Gasteiger partial charge in [-0.15, -0.1) is 0 Å². The lowest BCUT2D eigenvalue weighted by Gasteiger charge is -2.51. The van der Waals surface area contributed by atoms with Crippen molar-refractivity contribution in [2.24, 2.45) is 28.8 Å². The average Bonchev–Trinajstić information content (AvgIpc) is 3.23. The van der Waals surface area contributed by atoms with Gasteiger partial charge in [-0.1, -0.05) is 39.3 Å². The topological polar surface area (TPSA) is 186 Å². The van der Waals surface area contributed by atoms with Crippen LogP contribution in [0.3, 0.4) is 0 Å². The second-order valence-corrected chi connectivity index (χ2v) is 33.6. The van der Waals surface area contributed by atoms with E-state index in [2.05, 4.69) is 44.2 Å². The van der Waals surface area contributed by atoms with Crippen molar-refractivity contribution in [2.75, 3.05) is 21.2 Å². The number of methoxy groups -OCH3 is 1. The number of hydrogen-bond acceptors (Lipinski definition) is 16. The number of ether oxygens (including phenoxy) is 7. The number of aliphatic hydroxyl groups is 3. The highest BCUT2D eigenvalue weighted by atomic mass is 28.4. The molecule has 16 nitrogen and oxygen atoms in total. The predicted octanol–water partition coefficient (Wildman–Crippen LogP) is 8.39. The summed E-state index contributed by atoms with van der Waals surface area (Å²) >= 11 is 0. The third kappa shape index (κ3) is 15.5. The molecule has 0 aromatic heterocycles. The molecule has 3 aliphatic heterocycles. The summed E-state index contributed by atoms with van der Waals surface area (Å²) in [5, 5.41) is 43.0. The summed E-state index contributed by atoms with van der Waals surface area (Å²) in [6.07, 6.45) is -2.93. The van der Waals surface area contributed by atoms with Gasteiger partial charge in [0.1, 0.15) is 17.8 Å². The number of oxime groups is 1. The van der Waals surface area contributed by atoms with Crippen molar-refractivity contribution in [2.45, 2.75) is 276 Å². The lowest BCUT2D eigenvalue weighted by Crippen LogP contribution is -2.62.